The highest BCUT2D eigenvalue weighted by atomic mass is 35.5. The smallest absolute Gasteiger partial charge is 0.128 e. The molecule has 6 heteroatoms. The highest BCUT2D eigenvalue weighted by Gasteiger charge is 2.20. The number of halogens is 2. The number of nitrogens with zero attached hydrogens (tertiary/aromatic N) is 2. The molecule has 0 aliphatic heterocycles. The first-order chi connectivity index (χ1) is 9.13. The monoisotopic (exact) mass is 296 g/mol. The van der Waals surface area contributed by atoms with Gasteiger partial charge in [-0.2, -0.15) is 0 Å². The van der Waals surface area contributed by atoms with Crippen molar-refractivity contribution >= 4 is 29.0 Å². The molecule has 2 aromatic heterocycles. The van der Waals surface area contributed by atoms with Crippen molar-refractivity contribution in [2.24, 2.45) is 0 Å². The van der Waals surface area contributed by atoms with Crippen LogP contribution >= 0.6 is 23.2 Å². The van der Waals surface area contributed by atoms with E-state index in [-0.39, 0.29) is 6.04 Å². The molecule has 0 radical (unpaired) electrons. The van der Waals surface area contributed by atoms with Crippen LogP contribution in [0.2, 0.25) is 10.0 Å². The number of nitrogens with one attached hydrogen (secondary N) is 1. The molecule has 4 nitrogen and oxygen atoms in total. The second kappa shape index (κ2) is 6.19. The van der Waals surface area contributed by atoms with E-state index in [1.165, 1.54) is 6.20 Å². The fraction of sp³-hybridized carbons (Fsp3) is 0.231. The summed E-state index contributed by atoms with van der Waals surface area (Å²) >= 11 is 12.2. The number of pyridine rings is 2. The Kier molecular flexibility index (Phi) is 4.58. The van der Waals surface area contributed by atoms with Crippen LogP contribution in [0.1, 0.15) is 24.2 Å². The Labute approximate surface area is 122 Å². The summed E-state index contributed by atoms with van der Waals surface area (Å²) in [4.78, 5) is 8.40. The van der Waals surface area contributed by atoms with Gasteiger partial charge < -0.3 is 11.1 Å². The van der Waals surface area contributed by atoms with Crippen LogP contribution in [0.4, 0.5) is 5.82 Å². The maximum Gasteiger partial charge on any atom is 0.128 e. The van der Waals surface area contributed by atoms with Gasteiger partial charge in [0.05, 0.1) is 21.8 Å². The van der Waals surface area contributed by atoms with E-state index in [1.54, 1.807) is 24.4 Å². The Balaban J connectivity index is 2.51. The number of nitrogens with two attached hydrogens (primary N) is 1. The third-order valence-electron chi connectivity index (χ3n) is 2.70. The summed E-state index contributed by atoms with van der Waals surface area (Å²) in [6, 6.07) is 5.13. The number of hydrogen-bond donors (Lipinski definition) is 2. The van der Waals surface area contributed by atoms with Gasteiger partial charge in [0, 0.05) is 18.0 Å². The van der Waals surface area contributed by atoms with Gasteiger partial charge >= 0.3 is 0 Å². The summed E-state index contributed by atoms with van der Waals surface area (Å²) in [5, 5.41) is 4.40. The predicted octanol–water partition coefficient (Wildman–Crippen LogP) is 3.06. The van der Waals surface area contributed by atoms with Gasteiger partial charge in [0.2, 0.25) is 0 Å². The normalized spacial score (nSPS) is 12.4. The minimum atomic E-state index is -0.232. The van der Waals surface area contributed by atoms with Crippen molar-refractivity contribution in [3.63, 3.8) is 0 Å². The summed E-state index contributed by atoms with van der Waals surface area (Å²) in [5.74, 6) is 0.414. The molecule has 1 atom stereocenters. The van der Waals surface area contributed by atoms with Crippen LogP contribution in [0.3, 0.4) is 0 Å². The number of aromatic nitrogens is 2. The molecule has 2 heterocycles. The molecule has 0 bridgehead atoms. The van der Waals surface area contributed by atoms with Crippen LogP contribution in [-0.4, -0.2) is 16.5 Å². The molecule has 0 amide bonds. The van der Waals surface area contributed by atoms with E-state index in [0.29, 0.717) is 21.6 Å². The molecule has 19 heavy (non-hydrogen) atoms. The number of nitrogen functional groups attached to an aromatic ring is 1. The Bertz CT molecular complexity index is 574. The molecule has 1 unspecified atom stereocenters. The second-order valence-corrected chi connectivity index (χ2v) is 4.83. The van der Waals surface area contributed by atoms with Gasteiger partial charge in [-0.1, -0.05) is 30.1 Å². The maximum atomic E-state index is 6.20. The third kappa shape index (κ3) is 3.15. The van der Waals surface area contributed by atoms with Gasteiger partial charge in [0.15, 0.2) is 0 Å². The molecule has 0 aliphatic carbocycles. The molecule has 0 aliphatic rings. The van der Waals surface area contributed by atoms with Crippen molar-refractivity contribution in [1.82, 2.24) is 15.3 Å². The Morgan fingerprint density at radius 1 is 1.37 bits per heavy atom. The number of hydrogen-bond acceptors (Lipinski definition) is 4. The molecule has 2 aromatic rings. The summed E-state index contributed by atoms with van der Waals surface area (Å²) in [6.45, 7) is 2.74. The fourth-order valence-electron chi connectivity index (χ4n) is 1.87. The van der Waals surface area contributed by atoms with Crippen LogP contribution < -0.4 is 11.1 Å². The average Bonchev–Trinajstić information content (AvgIpc) is 2.40. The Hall–Kier alpha value is -1.36. The number of rotatable bonds is 4. The van der Waals surface area contributed by atoms with E-state index in [4.69, 9.17) is 28.9 Å². The van der Waals surface area contributed by atoms with Gasteiger partial charge in [-0.25, -0.2) is 4.98 Å². The summed E-state index contributed by atoms with van der Waals surface area (Å²) < 4.78 is 0. The Morgan fingerprint density at radius 2 is 2.16 bits per heavy atom. The van der Waals surface area contributed by atoms with Gasteiger partial charge in [0.25, 0.3) is 0 Å². The lowest BCUT2D eigenvalue weighted by atomic mass is 10.0. The van der Waals surface area contributed by atoms with Crippen molar-refractivity contribution in [3.8, 4) is 0 Å². The van der Waals surface area contributed by atoms with E-state index in [1.807, 2.05) is 6.92 Å². The topological polar surface area (TPSA) is 63.8 Å². The van der Waals surface area contributed by atoms with E-state index in [9.17, 15) is 0 Å². The first-order valence-corrected chi connectivity index (χ1v) is 6.63. The summed E-state index contributed by atoms with van der Waals surface area (Å²) in [7, 11) is 0. The van der Waals surface area contributed by atoms with Gasteiger partial charge in [-0.05, 0) is 24.7 Å². The molecule has 100 valence electrons. The zero-order valence-electron chi connectivity index (χ0n) is 10.4. The summed E-state index contributed by atoms with van der Waals surface area (Å²) in [5.41, 5.74) is 7.41. The lowest BCUT2D eigenvalue weighted by Gasteiger charge is -2.20. The molecule has 0 spiro atoms. The summed E-state index contributed by atoms with van der Waals surface area (Å²) in [6.07, 6.45) is 3.21. The second-order valence-electron chi connectivity index (χ2n) is 3.99. The lowest BCUT2D eigenvalue weighted by molar-refractivity contribution is 0.616. The first kappa shape index (κ1) is 14.1. The van der Waals surface area contributed by atoms with Crippen molar-refractivity contribution in [2.45, 2.75) is 13.0 Å². The molecule has 0 aromatic carbocycles. The zero-order valence-corrected chi connectivity index (χ0v) is 11.9. The van der Waals surface area contributed by atoms with Crippen molar-refractivity contribution in [2.75, 3.05) is 12.3 Å². The molecule has 2 rings (SSSR count). The Morgan fingerprint density at radius 3 is 2.84 bits per heavy atom. The van der Waals surface area contributed by atoms with Crippen molar-refractivity contribution in [3.05, 3.63) is 51.9 Å². The van der Waals surface area contributed by atoms with Crippen LogP contribution in [0.25, 0.3) is 0 Å². The van der Waals surface area contributed by atoms with E-state index >= 15 is 0 Å². The van der Waals surface area contributed by atoms with Crippen LogP contribution in [-0.2, 0) is 0 Å². The highest BCUT2D eigenvalue weighted by molar-refractivity contribution is 6.31. The van der Waals surface area contributed by atoms with Crippen molar-refractivity contribution in [1.29, 1.82) is 0 Å². The van der Waals surface area contributed by atoms with Crippen molar-refractivity contribution < 1.29 is 0 Å². The van der Waals surface area contributed by atoms with Crippen LogP contribution in [0.15, 0.2) is 30.6 Å². The molecular weight excluding hydrogens is 283 g/mol. The third-order valence-corrected chi connectivity index (χ3v) is 3.22. The minimum absolute atomic E-state index is 0.232. The zero-order chi connectivity index (χ0) is 13.8. The van der Waals surface area contributed by atoms with Crippen LogP contribution in [0.5, 0.6) is 0 Å². The molecule has 0 saturated carbocycles. The van der Waals surface area contributed by atoms with Gasteiger partial charge in [-0.15, -0.1) is 0 Å². The highest BCUT2D eigenvalue weighted by Crippen LogP contribution is 2.30. The predicted molar refractivity (Wildman–Crippen MR) is 78.4 cm³/mol. The molecule has 0 saturated heterocycles. The molecular formula is C13H14Cl2N4. The fourth-order valence-corrected chi connectivity index (χ4v) is 2.26. The largest absolute Gasteiger partial charge is 0.383 e. The quantitative estimate of drug-likeness (QED) is 0.910. The van der Waals surface area contributed by atoms with E-state index in [0.717, 1.165) is 12.1 Å². The molecule has 0 fully saturated rings. The van der Waals surface area contributed by atoms with E-state index < -0.39 is 0 Å². The maximum absolute atomic E-state index is 6.20. The number of anilines is 1. The molecule has 3 N–H and O–H groups in total. The average molecular weight is 297 g/mol. The minimum Gasteiger partial charge on any atom is -0.383 e. The van der Waals surface area contributed by atoms with E-state index in [2.05, 4.69) is 15.3 Å². The standard InChI is InChI=1S/C13H14Cl2N4/c1-2-17-11(12-10(15)4-3-5-18-12)9-6-8(14)7-19-13(9)16/h3-7,11,17H,2H2,1H3,(H2,16,19). The SMILES string of the molecule is CCNC(c1cc(Cl)cnc1N)c1ncccc1Cl. The lowest BCUT2D eigenvalue weighted by Crippen LogP contribution is -2.24. The van der Waals surface area contributed by atoms with Gasteiger partial charge in [0.1, 0.15) is 5.82 Å². The van der Waals surface area contributed by atoms with Crippen LogP contribution in [0, 0.1) is 0 Å². The van der Waals surface area contributed by atoms with Gasteiger partial charge in [-0.3, -0.25) is 4.98 Å². The first-order valence-electron chi connectivity index (χ1n) is 5.88.